The number of aromatic nitrogens is 2. The van der Waals surface area contributed by atoms with E-state index < -0.39 is 5.54 Å². The smallest absolute Gasteiger partial charge is 0.328 e. The van der Waals surface area contributed by atoms with Crippen LogP contribution in [0, 0.1) is 0 Å². The first-order valence-electron chi connectivity index (χ1n) is 6.99. The Kier molecular flexibility index (Phi) is 4.18. The van der Waals surface area contributed by atoms with E-state index in [1.54, 1.807) is 16.2 Å². The van der Waals surface area contributed by atoms with Crippen LogP contribution in [0.4, 0.5) is 0 Å². The van der Waals surface area contributed by atoms with Crippen molar-refractivity contribution in [1.82, 2.24) is 14.5 Å². The highest BCUT2D eigenvalue weighted by atomic mass is 16.2. The molecule has 0 aliphatic heterocycles. The van der Waals surface area contributed by atoms with Gasteiger partial charge in [-0.3, -0.25) is 13.9 Å². The SMILES string of the molecule is Cn1c(=O)n(CCC(=O)NCC(C)(C)N)c2ccccc21. The van der Waals surface area contributed by atoms with Gasteiger partial charge in [0, 0.05) is 32.1 Å². The number of rotatable bonds is 5. The Labute approximate surface area is 123 Å². The summed E-state index contributed by atoms with van der Waals surface area (Å²) in [6.07, 6.45) is 0.254. The van der Waals surface area contributed by atoms with E-state index in [4.69, 9.17) is 5.73 Å². The minimum Gasteiger partial charge on any atom is -0.354 e. The molecule has 0 fully saturated rings. The molecular formula is C15H22N4O2. The van der Waals surface area contributed by atoms with Gasteiger partial charge in [-0.15, -0.1) is 0 Å². The first-order chi connectivity index (χ1) is 9.79. The van der Waals surface area contributed by atoms with Crippen LogP contribution in [-0.4, -0.2) is 27.1 Å². The summed E-state index contributed by atoms with van der Waals surface area (Å²) >= 11 is 0. The number of nitrogens with two attached hydrogens (primary N) is 1. The number of aryl methyl sites for hydroxylation is 2. The highest BCUT2D eigenvalue weighted by Crippen LogP contribution is 2.11. The zero-order chi connectivity index (χ0) is 15.6. The molecule has 0 radical (unpaired) electrons. The fourth-order valence-electron chi connectivity index (χ4n) is 2.21. The number of carbonyl (C=O) groups is 1. The number of benzene rings is 1. The maximum Gasteiger partial charge on any atom is 0.328 e. The Morgan fingerprint density at radius 2 is 1.90 bits per heavy atom. The summed E-state index contributed by atoms with van der Waals surface area (Å²) in [6.45, 7) is 4.47. The van der Waals surface area contributed by atoms with Gasteiger partial charge in [-0.1, -0.05) is 12.1 Å². The fourth-order valence-corrected chi connectivity index (χ4v) is 2.21. The lowest BCUT2D eigenvalue weighted by atomic mass is 10.1. The molecule has 3 N–H and O–H groups in total. The lowest BCUT2D eigenvalue weighted by Gasteiger charge is -2.18. The molecule has 1 heterocycles. The summed E-state index contributed by atoms with van der Waals surface area (Å²) in [7, 11) is 1.73. The second kappa shape index (κ2) is 5.73. The molecule has 0 unspecified atom stereocenters. The predicted molar refractivity (Wildman–Crippen MR) is 83.1 cm³/mol. The molecule has 0 saturated heterocycles. The number of nitrogens with one attached hydrogen (secondary N) is 1. The van der Waals surface area contributed by atoms with Crippen molar-refractivity contribution < 1.29 is 4.79 Å². The van der Waals surface area contributed by atoms with Crippen LogP contribution in [0.15, 0.2) is 29.1 Å². The molecule has 0 aliphatic rings. The minimum atomic E-state index is -0.439. The van der Waals surface area contributed by atoms with Gasteiger partial charge < -0.3 is 11.1 Å². The third-order valence-electron chi connectivity index (χ3n) is 3.36. The first kappa shape index (κ1) is 15.3. The number of hydrogen-bond donors (Lipinski definition) is 2. The number of amides is 1. The van der Waals surface area contributed by atoms with Crippen LogP contribution < -0.4 is 16.7 Å². The lowest BCUT2D eigenvalue weighted by Crippen LogP contribution is -2.45. The summed E-state index contributed by atoms with van der Waals surface area (Å²) in [6, 6.07) is 7.55. The van der Waals surface area contributed by atoms with Crippen LogP contribution in [0.5, 0.6) is 0 Å². The van der Waals surface area contributed by atoms with Crippen molar-refractivity contribution in [3.63, 3.8) is 0 Å². The van der Waals surface area contributed by atoms with E-state index in [9.17, 15) is 9.59 Å². The quantitative estimate of drug-likeness (QED) is 0.845. The molecule has 2 aromatic rings. The maximum absolute atomic E-state index is 12.2. The molecular weight excluding hydrogens is 268 g/mol. The number of nitrogens with zero attached hydrogens (tertiary/aromatic N) is 2. The second-order valence-electron chi connectivity index (χ2n) is 6.00. The van der Waals surface area contributed by atoms with Crippen LogP contribution >= 0.6 is 0 Å². The largest absolute Gasteiger partial charge is 0.354 e. The number of fused-ring (bicyclic) bond motifs is 1. The Hall–Kier alpha value is -2.08. The van der Waals surface area contributed by atoms with Crippen LogP contribution in [0.3, 0.4) is 0 Å². The number of hydrogen-bond acceptors (Lipinski definition) is 3. The highest BCUT2D eigenvalue weighted by Gasteiger charge is 2.14. The normalized spacial score (nSPS) is 11.8. The Balaban J connectivity index is 2.09. The predicted octanol–water partition coefficient (Wildman–Crippen LogP) is 0.584. The van der Waals surface area contributed by atoms with Crippen molar-refractivity contribution in [1.29, 1.82) is 0 Å². The van der Waals surface area contributed by atoms with Crippen LogP contribution in [0.25, 0.3) is 11.0 Å². The standard InChI is InChI=1S/C15H22N4O2/c1-15(2,16)10-17-13(20)8-9-19-12-7-5-4-6-11(12)18(3)14(19)21/h4-7H,8-10,16H2,1-3H3,(H,17,20). The molecule has 6 heteroatoms. The number of imidazole rings is 1. The van der Waals surface area contributed by atoms with Crippen molar-refractivity contribution in [2.45, 2.75) is 32.4 Å². The molecule has 6 nitrogen and oxygen atoms in total. The van der Waals surface area contributed by atoms with Crippen molar-refractivity contribution in [2.75, 3.05) is 6.54 Å². The third kappa shape index (κ3) is 3.52. The average Bonchev–Trinajstić information content (AvgIpc) is 2.67. The number of carbonyl (C=O) groups excluding carboxylic acids is 1. The monoisotopic (exact) mass is 290 g/mol. The van der Waals surface area contributed by atoms with Gasteiger partial charge >= 0.3 is 5.69 Å². The van der Waals surface area contributed by atoms with Crippen molar-refractivity contribution >= 4 is 16.9 Å². The third-order valence-corrected chi connectivity index (χ3v) is 3.36. The van der Waals surface area contributed by atoms with Crippen LogP contribution in [0.1, 0.15) is 20.3 Å². The molecule has 1 amide bonds. The molecule has 114 valence electrons. The van der Waals surface area contributed by atoms with Gasteiger partial charge in [0.25, 0.3) is 0 Å². The van der Waals surface area contributed by atoms with Gasteiger partial charge in [-0.05, 0) is 26.0 Å². The topological polar surface area (TPSA) is 82.0 Å². The fraction of sp³-hybridized carbons (Fsp3) is 0.467. The second-order valence-corrected chi connectivity index (χ2v) is 6.00. The maximum atomic E-state index is 12.2. The van der Waals surface area contributed by atoms with Crippen molar-refractivity contribution in [3.05, 3.63) is 34.7 Å². The molecule has 0 bridgehead atoms. The van der Waals surface area contributed by atoms with Gasteiger partial charge in [0.05, 0.1) is 11.0 Å². The van der Waals surface area contributed by atoms with Crippen molar-refractivity contribution in [2.24, 2.45) is 12.8 Å². The van der Waals surface area contributed by atoms with Gasteiger partial charge in [-0.2, -0.15) is 0 Å². The van der Waals surface area contributed by atoms with E-state index >= 15 is 0 Å². The molecule has 21 heavy (non-hydrogen) atoms. The van der Waals surface area contributed by atoms with Gasteiger partial charge in [0.2, 0.25) is 5.91 Å². The van der Waals surface area contributed by atoms with Crippen LogP contribution in [-0.2, 0) is 18.4 Å². The molecule has 0 saturated carbocycles. The van der Waals surface area contributed by atoms with E-state index in [1.165, 1.54) is 0 Å². The van der Waals surface area contributed by atoms with E-state index in [-0.39, 0.29) is 18.0 Å². The summed E-state index contributed by atoms with van der Waals surface area (Å²) in [5.74, 6) is -0.103. The molecule has 0 atom stereocenters. The van der Waals surface area contributed by atoms with E-state index in [1.807, 2.05) is 38.1 Å². The summed E-state index contributed by atoms with van der Waals surface area (Å²) < 4.78 is 3.22. The lowest BCUT2D eigenvalue weighted by molar-refractivity contribution is -0.121. The van der Waals surface area contributed by atoms with Gasteiger partial charge in [0.1, 0.15) is 0 Å². The van der Waals surface area contributed by atoms with Gasteiger partial charge in [-0.25, -0.2) is 4.79 Å². The Morgan fingerprint density at radius 1 is 1.29 bits per heavy atom. The zero-order valence-corrected chi connectivity index (χ0v) is 12.7. The first-order valence-corrected chi connectivity index (χ1v) is 6.99. The Bertz CT molecular complexity index is 707. The zero-order valence-electron chi connectivity index (χ0n) is 12.7. The summed E-state index contributed by atoms with van der Waals surface area (Å²) in [5.41, 5.74) is 6.98. The summed E-state index contributed by atoms with van der Waals surface area (Å²) in [5, 5.41) is 2.78. The van der Waals surface area contributed by atoms with Crippen molar-refractivity contribution in [3.8, 4) is 0 Å². The molecule has 1 aromatic carbocycles. The molecule has 1 aromatic heterocycles. The van der Waals surface area contributed by atoms with Crippen LogP contribution in [0.2, 0.25) is 0 Å². The highest BCUT2D eigenvalue weighted by molar-refractivity contribution is 5.77. The van der Waals surface area contributed by atoms with E-state index in [0.29, 0.717) is 13.1 Å². The summed E-state index contributed by atoms with van der Waals surface area (Å²) in [4.78, 5) is 24.0. The van der Waals surface area contributed by atoms with Gasteiger partial charge in [0.15, 0.2) is 0 Å². The Morgan fingerprint density at radius 3 is 2.52 bits per heavy atom. The van der Waals surface area contributed by atoms with E-state index in [0.717, 1.165) is 11.0 Å². The molecule has 2 rings (SSSR count). The molecule has 0 spiro atoms. The van der Waals surface area contributed by atoms with E-state index in [2.05, 4.69) is 5.32 Å². The minimum absolute atomic E-state index is 0.103. The average molecular weight is 290 g/mol. The number of para-hydroxylation sites is 2. The molecule has 0 aliphatic carbocycles.